The lowest BCUT2D eigenvalue weighted by Crippen LogP contribution is -2.48. The van der Waals surface area contributed by atoms with Crippen molar-refractivity contribution in [2.75, 3.05) is 39.3 Å². The van der Waals surface area contributed by atoms with Crippen LogP contribution in [0, 0.1) is 0 Å². The second kappa shape index (κ2) is 11.7. The summed E-state index contributed by atoms with van der Waals surface area (Å²) >= 11 is 0. The molecule has 0 saturated carbocycles. The second-order valence-corrected chi connectivity index (χ2v) is 12.2. The Morgan fingerprint density at radius 3 is 2.39 bits per heavy atom. The van der Waals surface area contributed by atoms with Crippen molar-refractivity contribution in [2.45, 2.75) is 44.9 Å². The molecule has 1 aliphatic heterocycles. The lowest BCUT2D eigenvalue weighted by molar-refractivity contribution is 0.196. The number of aryl methyl sites for hydroxylation is 2. The van der Waals surface area contributed by atoms with E-state index in [4.69, 9.17) is 9.72 Å². The third kappa shape index (κ3) is 5.29. The molecule has 5 rings (SSSR count). The number of nitrogens with zero attached hydrogens (tertiary/aromatic N) is 8. The topological polar surface area (TPSA) is 120 Å². The van der Waals surface area contributed by atoms with Gasteiger partial charge in [0.05, 0.1) is 22.8 Å². The first-order valence-corrected chi connectivity index (χ1v) is 15.6. The van der Waals surface area contributed by atoms with Gasteiger partial charge in [0.2, 0.25) is 16.0 Å². The maximum Gasteiger partial charge on any atom is 0.281 e. The SMILES string of the molecule is CCCOc1ccc(S(=O)(=O)N2CCN(CC)CC2)cc1-c1nc2c(CCC)n(-c3nccn3C)nc2c(=O)n1C. The van der Waals surface area contributed by atoms with Crippen molar-refractivity contribution in [3.05, 3.63) is 46.6 Å². The first-order chi connectivity index (χ1) is 19.7. The Balaban J connectivity index is 1.68. The van der Waals surface area contributed by atoms with E-state index in [1.807, 2.05) is 24.7 Å². The number of sulfonamides is 1. The zero-order chi connectivity index (χ0) is 29.3. The van der Waals surface area contributed by atoms with E-state index in [1.165, 1.54) is 8.87 Å². The highest BCUT2D eigenvalue weighted by molar-refractivity contribution is 7.89. The molecule has 41 heavy (non-hydrogen) atoms. The molecular formula is C28H38N8O4S. The highest BCUT2D eigenvalue weighted by atomic mass is 32.2. The van der Waals surface area contributed by atoms with Crippen molar-refractivity contribution in [1.82, 2.24) is 38.1 Å². The number of hydrogen-bond donors (Lipinski definition) is 0. The third-order valence-electron chi connectivity index (χ3n) is 7.54. The molecule has 1 fully saturated rings. The molecule has 13 heteroatoms. The molecule has 0 radical (unpaired) electrons. The van der Waals surface area contributed by atoms with Crippen LogP contribution in [-0.2, 0) is 30.5 Å². The molecule has 1 aliphatic rings. The van der Waals surface area contributed by atoms with Gasteiger partial charge in [-0.25, -0.2) is 23.1 Å². The van der Waals surface area contributed by atoms with Gasteiger partial charge in [0.25, 0.3) is 5.56 Å². The normalized spacial score (nSPS) is 15.1. The van der Waals surface area contributed by atoms with Crippen LogP contribution in [0.3, 0.4) is 0 Å². The zero-order valence-corrected chi connectivity index (χ0v) is 25.2. The number of piperazine rings is 1. The van der Waals surface area contributed by atoms with Gasteiger partial charge in [-0.05, 0) is 37.6 Å². The number of benzene rings is 1. The fourth-order valence-corrected chi connectivity index (χ4v) is 6.64. The van der Waals surface area contributed by atoms with Gasteiger partial charge in [0, 0.05) is 52.7 Å². The molecule has 0 aliphatic carbocycles. The summed E-state index contributed by atoms with van der Waals surface area (Å²) in [5.41, 5.74) is 1.58. The van der Waals surface area contributed by atoms with Crippen LogP contribution in [0.5, 0.6) is 5.75 Å². The number of hydrogen-bond acceptors (Lipinski definition) is 8. The summed E-state index contributed by atoms with van der Waals surface area (Å²) in [5, 5.41) is 4.63. The quantitative estimate of drug-likeness (QED) is 0.280. The number of likely N-dealkylation sites (N-methyl/N-ethyl adjacent to an activating group) is 1. The van der Waals surface area contributed by atoms with Crippen LogP contribution < -0.4 is 10.3 Å². The number of imidazole rings is 1. The average Bonchev–Trinajstić information content (AvgIpc) is 3.56. The maximum absolute atomic E-state index is 13.7. The predicted octanol–water partition coefficient (Wildman–Crippen LogP) is 2.59. The summed E-state index contributed by atoms with van der Waals surface area (Å²) < 4.78 is 39.9. The Bertz CT molecular complexity index is 1710. The van der Waals surface area contributed by atoms with Crippen LogP contribution >= 0.6 is 0 Å². The van der Waals surface area contributed by atoms with Crippen molar-refractivity contribution < 1.29 is 13.2 Å². The van der Waals surface area contributed by atoms with Gasteiger partial charge >= 0.3 is 0 Å². The first kappa shape index (κ1) is 29.0. The van der Waals surface area contributed by atoms with E-state index in [9.17, 15) is 13.2 Å². The van der Waals surface area contributed by atoms with Crippen molar-refractivity contribution >= 4 is 21.1 Å². The van der Waals surface area contributed by atoms with Crippen LogP contribution in [-0.4, -0.2) is 85.8 Å². The van der Waals surface area contributed by atoms with Crippen LogP contribution in [0.25, 0.3) is 28.4 Å². The van der Waals surface area contributed by atoms with E-state index in [0.717, 1.165) is 25.1 Å². The summed E-state index contributed by atoms with van der Waals surface area (Å²) in [6.07, 6.45) is 5.70. The molecule has 220 valence electrons. The Kier molecular flexibility index (Phi) is 8.30. The average molecular weight is 583 g/mol. The molecule has 0 unspecified atom stereocenters. The molecule has 1 aromatic carbocycles. The van der Waals surface area contributed by atoms with Crippen molar-refractivity contribution in [1.29, 1.82) is 0 Å². The van der Waals surface area contributed by atoms with Crippen molar-refractivity contribution in [3.8, 4) is 23.1 Å². The van der Waals surface area contributed by atoms with E-state index in [1.54, 1.807) is 36.1 Å². The zero-order valence-electron chi connectivity index (χ0n) is 24.4. The van der Waals surface area contributed by atoms with E-state index in [2.05, 4.69) is 28.8 Å². The van der Waals surface area contributed by atoms with Crippen LogP contribution in [0.15, 0.2) is 40.3 Å². The molecule has 1 saturated heterocycles. The molecule has 0 N–H and O–H groups in total. The van der Waals surface area contributed by atoms with Crippen LogP contribution in [0.1, 0.15) is 39.3 Å². The minimum Gasteiger partial charge on any atom is -0.493 e. The summed E-state index contributed by atoms with van der Waals surface area (Å²) in [5.74, 6) is 1.37. The van der Waals surface area contributed by atoms with Gasteiger partial charge in [0.15, 0.2) is 5.52 Å². The molecule has 12 nitrogen and oxygen atoms in total. The van der Waals surface area contributed by atoms with Gasteiger partial charge in [-0.2, -0.15) is 9.40 Å². The van der Waals surface area contributed by atoms with E-state index < -0.39 is 10.0 Å². The Labute approximate surface area is 240 Å². The Morgan fingerprint density at radius 1 is 1.00 bits per heavy atom. The van der Waals surface area contributed by atoms with Gasteiger partial charge in [-0.3, -0.25) is 9.36 Å². The molecule has 4 heterocycles. The minimum atomic E-state index is -3.77. The highest BCUT2D eigenvalue weighted by Gasteiger charge is 2.30. The number of aromatic nitrogens is 6. The smallest absolute Gasteiger partial charge is 0.281 e. The van der Waals surface area contributed by atoms with Crippen molar-refractivity contribution in [3.63, 3.8) is 0 Å². The molecule has 4 aromatic rings. The van der Waals surface area contributed by atoms with Gasteiger partial charge in [0.1, 0.15) is 17.1 Å². The molecule has 3 aromatic heterocycles. The Hall–Kier alpha value is -3.55. The largest absolute Gasteiger partial charge is 0.493 e. The van der Waals surface area contributed by atoms with Gasteiger partial charge in [-0.1, -0.05) is 27.2 Å². The molecule has 0 bridgehead atoms. The fraction of sp³-hybridized carbons (Fsp3) is 0.500. The van der Waals surface area contributed by atoms with E-state index >= 15 is 0 Å². The summed E-state index contributed by atoms with van der Waals surface area (Å²) in [6.45, 7) is 9.68. The lowest BCUT2D eigenvalue weighted by atomic mass is 10.1. The summed E-state index contributed by atoms with van der Waals surface area (Å²) in [6, 6.07) is 4.83. The number of fused-ring (bicyclic) bond motifs is 1. The number of rotatable bonds is 10. The molecule has 0 amide bonds. The number of ether oxygens (including phenoxy) is 1. The van der Waals surface area contributed by atoms with Crippen molar-refractivity contribution in [2.24, 2.45) is 14.1 Å². The summed E-state index contributed by atoms with van der Waals surface area (Å²) in [7, 11) is -0.275. The Morgan fingerprint density at radius 2 is 1.76 bits per heavy atom. The maximum atomic E-state index is 13.7. The fourth-order valence-electron chi connectivity index (χ4n) is 5.19. The molecule has 0 atom stereocenters. The summed E-state index contributed by atoms with van der Waals surface area (Å²) in [4.78, 5) is 25.5. The lowest BCUT2D eigenvalue weighted by Gasteiger charge is -2.33. The second-order valence-electron chi connectivity index (χ2n) is 10.3. The first-order valence-electron chi connectivity index (χ1n) is 14.2. The van der Waals surface area contributed by atoms with E-state index in [-0.39, 0.29) is 16.0 Å². The monoisotopic (exact) mass is 582 g/mol. The standard InChI is InChI=1S/C28H38N8O4S/c1-6-9-22-24-25(31-36(22)28-29-12-13-32(28)4)27(37)33(5)26(30-24)21-19-20(10-11-23(21)40-18-7-2)41(38,39)35-16-14-34(8-3)15-17-35/h10-13,19H,6-9,14-18H2,1-5H3. The van der Waals surface area contributed by atoms with Crippen LogP contribution in [0.2, 0.25) is 0 Å². The van der Waals surface area contributed by atoms with Gasteiger partial charge in [-0.15, -0.1) is 0 Å². The minimum absolute atomic E-state index is 0.146. The molecule has 0 spiro atoms. The highest BCUT2D eigenvalue weighted by Crippen LogP contribution is 2.33. The van der Waals surface area contributed by atoms with Gasteiger partial charge < -0.3 is 14.2 Å². The van der Waals surface area contributed by atoms with E-state index in [0.29, 0.717) is 67.8 Å². The molecular weight excluding hydrogens is 544 g/mol. The van der Waals surface area contributed by atoms with Crippen LogP contribution in [0.4, 0.5) is 0 Å². The predicted molar refractivity (Wildman–Crippen MR) is 157 cm³/mol. The third-order valence-corrected chi connectivity index (χ3v) is 9.43.